The van der Waals surface area contributed by atoms with Crippen LogP contribution >= 0.6 is 0 Å². The van der Waals surface area contributed by atoms with Gasteiger partial charge >= 0.3 is 0 Å². The first kappa shape index (κ1) is 18.0. The monoisotopic (exact) mass is 347 g/mol. The predicted octanol–water partition coefficient (Wildman–Crippen LogP) is 0.837. The van der Waals surface area contributed by atoms with Crippen molar-refractivity contribution < 1.29 is 14.0 Å². The Labute approximate surface area is 143 Å². The number of aromatic nitrogens is 3. The first-order chi connectivity index (χ1) is 11.8. The van der Waals surface area contributed by atoms with Gasteiger partial charge in [-0.25, -0.2) is 4.39 Å². The van der Waals surface area contributed by atoms with Crippen molar-refractivity contribution in [2.75, 3.05) is 10.6 Å². The van der Waals surface area contributed by atoms with Crippen LogP contribution in [0.1, 0.15) is 29.4 Å². The number of carbonyl (C=O) groups is 2. The summed E-state index contributed by atoms with van der Waals surface area (Å²) < 4.78 is 13.7. The number of aryl methyl sites for hydroxylation is 1. The van der Waals surface area contributed by atoms with E-state index in [-0.39, 0.29) is 17.5 Å². The fraction of sp³-hybridized carbons (Fsp3) is 0.267. The molecule has 10 heteroatoms. The number of primary amides is 2. The highest BCUT2D eigenvalue weighted by Gasteiger charge is 2.18. The van der Waals surface area contributed by atoms with Gasteiger partial charge in [0, 0.05) is 5.69 Å². The van der Waals surface area contributed by atoms with Gasteiger partial charge in [0.1, 0.15) is 11.9 Å². The lowest BCUT2D eigenvalue weighted by atomic mass is 10.2. The van der Waals surface area contributed by atoms with Gasteiger partial charge in [-0.1, -0.05) is 13.0 Å². The highest BCUT2D eigenvalue weighted by molar-refractivity contribution is 5.96. The number of halogens is 1. The summed E-state index contributed by atoms with van der Waals surface area (Å²) in [6, 6.07) is 3.71. The molecule has 0 saturated heterocycles. The summed E-state index contributed by atoms with van der Waals surface area (Å²) in [5.41, 5.74) is 11.1. The fourth-order valence-corrected chi connectivity index (χ4v) is 1.98. The van der Waals surface area contributed by atoms with Gasteiger partial charge in [-0.3, -0.25) is 9.59 Å². The summed E-state index contributed by atoms with van der Waals surface area (Å²) in [6.07, 6.45) is 0.405. The second-order valence-electron chi connectivity index (χ2n) is 5.29. The molecule has 6 N–H and O–H groups in total. The van der Waals surface area contributed by atoms with Crippen molar-refractivity contribution in [2.45, 2.75) is 26.3 Å². The molecule has 2 rings (SSSR count). The van der Waals surface area contributed by atoms with Crippen LogP contribution in [-0.2, 0) is 4.79 Å². The first-order valence-corrected chi connectivity index (χ1v) is 7.45. The highest BCUT2D eigenvalue weighted by Crippen LogP contribution is 2.20. The number of nitrogens with one attached hydrogen (secondary N) is 2. The van der Waals surface area contributed by atoms with Crippen molar-refractivity contribution in [2.24, 2.45) is 11.5 Å². The van der Waals surface area contributed by atoms with E-state index in [2.05, 4.69) is 25.8 Å². The Morgan fingerprint density at radius 2 is 2.00 bits per heavy atom. The minimum Gasteiger partial charge on any atom is -0.368 e. The number of nitrogens with zero attached hydrogens (tertiary/aromatic N) is 3. The third kappa shape index (κ3) is 4.37. The normalized spacial score (nSPS) is 11.6. The zero-order valence-corrected chi connectivity index (χ0v) is 13.7. The summed E-state index contributed by atoms with van der Waals surface area (Å²) in [4.78, 5) is 26.9. The SMILES string of the molecule is CC[C@@H](Nc1nnc(C(N)=O)c(Nc2ccc(C)c(F)c2)n1)C(N)=O. The molecule has 0 aliphatic rings. The van der Waals surface area contributed by atoms with Crippen molar-refractivity contribution in [1.82, 2.24) is 15.2 Å². The number of hydrogen-bond donors (Lipinski definition) is 4. The molecule has 0 aliphatic carbocycles. The standard InChI is InChI=1S/C15H18FN7O2/c1-3-10(12(17)24)20-15-21-14(11(13(18)25)22-23-15)19-8-5-4-7(2)9(16)6-8/h4-6,10H,3H2,1-2H3,(H2,17,24)(H2,18,25)(H2,19,20,21,23)/t10-/m1/s1. The third-order valence-corrected chi connectivity index (χ3v) is 3.41. The Kier molecular flexibility index (Phi) is 5.42. The van der Waals surface area contributed by atoms with Crippen molar-refractivity contribution >= 4 is 29.3 Å². The largest absolute Gasteiger partial charge is 0.368 e. The van der Waals surface area contributed by atoms with Crippen LogP contribution in [0.2, 0.25) is 0 Å². The van der Waals surface area contributed by atoms with Crippen LogP contribution < -0.4 is 22.1 Å². The Balaban J connectivity index is 2.36. The van der Waals surface area contributed by atoms with E-state index in [4.69, 9.17) is 11.5 Å². The number of hydrogen-bond acceptors (Lipinski definition) is 7. The smallest absolute Gasteiger partial charge is 0.273 e. The fourth-order valence-electron chi connectivity index (χ4n) is 1.98. The quantitative estimate of drug-likeness (QED) is 0.579. The maximum Gasteiger partial charge on any atom is 0.273 e. The molecule has 0 radical (unpaired) electrons. The number of carbonyl (C=O) groups excluding carboxylic acids is 2. The summed E-state index contributed by atoms with van der Waals surface area (Å²) in [6.45, 7) is 3.37. The summed E-state index contributed by atoms with van der Waals surface area (Å²) >= 11 is 0. The van der Waals surface area contributed by atoms with E-state index in [9.17, 15) is 14.0 Å². The van der Waals surface area contributed by atoms with Gasteiger partial charge in [-0.05, 0) is 31.0 Å². The Bertz CT molecular complexity index is 812. The predicted molar refractivity (Wildman–Crippen MR) is 89.7 cm³/mol. The average Bonchev–Trinajstić information content (AvgIpc) is 2.55. The zero-order chi connectivity index (χ0) is 18.6. The lowest BCUT2D eigenvalue weighted by Gasteiger charge is -2.14. The molecule has 1 aromatic heterocycles. The molecular formula is C15H18FN7O2. The van der Waals surface area contributed by atoms with Gasteiger partial charge in [-0.2, -0.15) is 4.98 Å². The third-order valence-electron chi connectivity index (χ3n) is 3.41. The first-order valence-electron chi connectivity index (χ1n) is 7.45. The second kappa shape index (κ2) is 7.51. The van der Waals surface area contributed by atoms with Crippen LogP contribution in [0.3, 0.4) is 0 Å². The van der Waals surface area contributed by atoms with Crippen molar-refractivity contribution in [3.8, 4) is 0 Å². The summed E-state index contributed by atoms with van der Waals surface area (Å²) in [7, 11) is 0. The lowest BCUT2D eigenvalue weighted by Crippen LogP contribution is -2.35. The molecule has 25 heavy (non-hydrogen) atoms. The number of rotatable bonds is 7. The molecule has 0 aliphatic heterocycles. The van der Waals surface area contributed by atoms with Gasteiger partial charge < -0.3 is 22.1 Å². The highest BCUT2D eigenvalue weighted by atomic mass is 19.1. The Morgan fingerprint density at radius 3 is 2.56 bits per heavy atom. The molecule has 2 amide bonds. The molecule has 132 valence electrons. The number of benzene rings is 1. The zero-order valence-electron chi connectivity index (χ0n) is 13.7. The maximum absolute atomic E-state index is 13.7. The van der Waals surface area contributed by atoms with E-state index >= 15 is 0 Å². The molecule has 9 nitrogen and oxygen atoms in total. The lowest BCUT2D eigenvalue weighted by molar-refractivity contribution is -0.118. The Morgan fingerprint density at radius 1 is 1.28 bits per heavy atom. The van der Waals surface area contributed by atoms with Gasteiger partial charge in [0.15, 0.2) is 11.5 Å². The molecule has 1 heterocycles. The van der Waals surface area contributed by atoms with Crippen LogP contribution in [0, 0.1) is 12.7 Å². The number of nitrogens with two attached hydrogens (primary N) is 2. The van der Waals surface area contributed by atoms with E-state index < -0.39 is 23.7 Å². The second-order valence-corrected chi connectivity index (χ2v) is 5.29. The van der Waals surface area contributed by atoms with Gasteiger partial charge in [0.05, 0.1) is 0 Å². The van der Waals surface area contributed by atoms with Gasteiger partial charge in [0.25, 0.3) is 5.91 Å². The van der Waals surface area contributed by atoms with Crippen LogP contribution in [0.4, 0.5) is 21.8 Å². The van der Waals surface area contributed by atoms with E-state index in [0.717, 1.165) is 0 Å². The van der Waals surface area contributed by atoms with E-state index in [1.807, 2.05) is 0 Å². The molecule has 2 aromatic rings. The summed E-state index contributed by atoms with van der Waals surface area (Å²) in [5, 5.41) is 12.9. The Hall–Kier alpha value is -3.30. The molecule has 0 spiro atoms. The molecule has 0 fully saturated rings. The van der Waals surface area contributed by atoms with E-state index in [0.29, 0.717) is 17.7 Å². The topological polar surface area (TPSA) is 149 Å². The van der Waals surface area contributed by atoms with Crippen LogP contribution in [0.5, 0.6) is 0 Å². The molecule has 0 saturated carbocycles. The van der Waals surface area contributed by atoms with Gasteiger partial charge in [0.2, 0.25) is 11.9 Å². The maximum atomic E-state index is 13.7. The van der Waals surface area contributed by atoms with E-state index in [1.54, 1.807) is 26.0 Å². The molecule has 0 bridgehead atoms. The van der Waals surface area contributed by atoms with Crippen LogP contribution in [-0.4, -0.2) is 33.0 Å². The van der Waals surface area contributed by atoms with Gasteiger partial charge in [-0.15, -0.1) is 10.2 Å². The van der Waals surface area contributed by atoms with Crippen molar-refractivity contribution in [1.29, 1.82) is 0 Å². The van der Waals surface area contributed by atoms with Crippen molar-refractivity contribution in [3.63, 3.8) is 0 Å². The minimum atomic E-state index is -0.858. The minimum absolute atomic E-state index is 0.0208. The number of anilines is 3. The molecule has 0 unspecified atom stereocenters. The average molecular weight is 347 g/mol. The molecule has 1 atom stereocenters. The summed E-state index contributed by atoms with van der Waals surface area (Å²) in [5.74, 6) is -1.91. The molecular weight excluding hydrogens is 329 g/mol. The number of amides is 2. The van der Waals surface area contributed by atoms with E-state index in [1.165, 1.54) is 6.07 Å². The van der Waals surface area contributed by atoms with Crippen molar-refractivity contribution in [3.05, 3.63) is 35.3 Å². The van der Waals surface area contributed by atoms with Crippen LogP contribution in [0.25, 0.3) is 0 Å². The van der Waals surface area contributed by atoms with Crippen LogP contribution in [0.15, 0.2) is 18.2 Å². The molecule has 1 aromatic carbocycles.